The molecule has 140 valence electrons. The van der Waals surface area contributed by atoms with Gasteiger partial charge in [-0.3, -0.25) is 4.79 Å². The van der Waals surface area contributed by atoms with Crippen LogP contribution in [0.2, 0.25) is 0 Å². The van der Waals surface area contributed by atoms with E-state index in [9.17, 15) is 4.79 Å². The van der Waals surface area contributed by atoms with Gasteiger partial charge in [0.05, 0.1) is 6.54 Å². The molecule has 0 saturated carbocycles. The molecule has 7 nitrogen and oxygen atoms in total. The first-order chi connectivity index (χ1) is 12.5. The van der Waals surface area contributed by atoms with Crippen LogP contribution in [0, 0.1) is 13.8 Å². The second kappa shape index (κ2) is 7.86. The summed E-state index contributed by atoms with van der Waals surface area (Å²) in [5, 5.41) is 4.28. The summed E-state index contributed by atoms with van der Waals surface area (Å²) in [6, 6.07) is 9.67. The van der Waals surface area contributed by atoms with Crippen LogP contribution < -0.4 is 4.74 Å². The summed E-state index contributed by atoms with van der Waals surface area (Å²) in [6.07, 6.45) is 1.74. The van der Waals surface area contributed by atoms with Gasteiger partial charge in [-0.25, -0.2) is 9.67 Å². The molecule has 0 radical (unpaired) electrons. The number of methoxy groups -OCH3 is 1. The van der Waals surface area contributed by atoms with E-state index in [0.29, 0.717) is 19.0 Å². The van der Waals surface area contributed by atoms with Crippen LogP contribution in [-0.2, 0) is 16.1 Å². The Morgan fingerprint density at radius 3 is 2.69 bits per heavy atom. The molecule has 3 rings (SSSR count). The lowest BCUT2D eigenvalue weighted by atomic mass is 9.93. The monoisotopic (exact) mass is 358 g/mol. The molecule has 1 aliphatic rings. The summed E-state index contributed by atoms with van der Waals surface area (Å²) < 4.78 is 13.4. The molecule has 0 aliphatic carbocycles. The van der Waals surface area contributed by atoms with Gasteiger partial charge in [-0.05, 0) is 38.8 Å². The number of nitrogens with zero attached hydrogens (tertiary/aromatic N) is 4. The molecule has 0 N–H and O–H groups in total. The molecule has 1 fully saturated rings. The highest BCUT2D eigenvalue weighted by atomic mass is 16.5. The molecule has 0 spiro atoms. The molecule has 0 unspecified atom stereocenters. The Labute approximate surface area is 153 Å². The van der Waals surface area contributed by atoms with Crippen molar-refractivity contribution in [2.24, 2.45) is 0 Å². The van der Waals surface area contributed by atoms with Crippen molar-refractivity contribution >= 4 is 5.91 Å². The number of amides is 1. The third-order valence-corrected chi connectivity index (χ3v) is 4.82. The standard InChI is InChI=1S/C19H26N4O3/c1-15-20-16(2)23(21-15)12-18(24)22-11-7-10-19(13-22,25-3)14-26-17-8-5-4-6-9-17/h4-6,8-9H,7,10-14H2,1-3H3/t19-/m0/s1. The number of aryl methyl sites for hydroxylation is 2. The topological polar surface area (TPSA) is 69.5 Å². The second-order valence-electron chi connectivity index (χ2n) is 6.77. The van der Waals surface area contributed by atoms with Crippen molar-refractivity contribution in [3.8, 4) is 5.75 Å². The van der Waals surface area contributed by atoms with Crippen LogP contribution in [0.1, 0.15) is 24.5 Å². The summed E-state index contributed by atoms with van der Waals surface area (Å²) in [7, 11) is 1.69. The Hall–Kier alpha value is -2.41. The van der Waals surface area contributed by atoms with Crippen molar-refractivity contribution in [1.82, 2.24) is 19.7 Å². The molecule has 26 heavy (non-hydrogen) atoms. The average Bonchev–Trinajstić information content (AvgIpc) is 2.98. The van der Waals surface area contributed by atoms with Crippen LogP contribution >= 0.6 is 0 Å². The SMILES string of the molecule is CO[C@@]1(COc2ccccc2)CCCN(C(=O)Cn2nc(C)nc2C)C1. The summed E-state index contributed by atoms with van der Waals surface area (Å²) in [5.41, 5.74) is -0.489. The van der Waals surface area contributed by atoms with Gasteiger partial charge >= 0.3 is 0 Å². The van der Waals surface area contributed by atoms with E-state index in [1.54, 1.807) is 11.8 Å². The van der Waals surface area contributed by atoms with Gasteiger partial charge in [0, 0.05) is 13.7 Å². The fourth-order valence-electron chi connectivity index (χ4n) is 3.33. The fraction of sp³-hybridized carbons (Fsp3) is 0.526. The molecular formula is C19H26N4O3. The van der Waals surface area contributed by atoms with E-state index in [0.717, 1.165) is 31.0 Å². The van der Waals surface area contributed by atoms with Gasteiger partial charge in [-0.1, -0.05) is 18.2 Å². The summed E-state index contributed by atoms with van der Waals surface area (Å²) in [4.78, 5) is 18.8. The Morgan fingerprint density at radius 1 is 1.27 bits per heavy atom. The molecular weight excluding hydrogens is 332 g/mol. The maximum Gasteiger partial charge on any atom is 0.244 e. The van der Waals surface area contributed by atoms with Crippen LogP contribution in [0.15, 0.2) is 30.3 Å². The average molecular weight is 358 g/mol. The van der Waals surface area contributed by atoms with Gasteiger partial charge in [0.25, 0.3) is 0 Å². The zero-order valence-corrected chi connectivity index (χ0v) is 15.6. The Kier molecular flexibility index (Phi) is 5.56. The molecule has 1 atom stereocenters. The quantitative estimate of drug-likeness (QED) is 0.790. The number of rotatable bonds is 6. The number of hydrogen-bond donors (Lipinski definition) is 0. The molecule has 2 aromatic rings. The van der Waals surface area contributed by atoms with Crippen molar-refractivity contribution in [2.45, 2.75) is 38.8 Å². The number of para-hydroxylation sites is 1. The van der Waals surface area contributed by atoms with Crippen molar-refractivity contribution in [3.63, 3.8) is 0 Å². The maximum atomic E-state index is 12.7. The molecule has 7 heteroatoms. The van der Waals surface area contributed by atoms with E-state index in [2.05, 4.69) is 10.1 Å². The van der Waals surface area contributed by atoms with Crippen molar-refractivity contribution in [3.05, 3.63) is 42.0 Å². The summed E-state index contributed by atoms with van der Waals surface area (Å²) in [5.74, 6) is 2.26. The number of ether oxygens (including phenoxy) is 2. The largest absolute Gasteiger partial charge is 0.491 e. The summed E-state index contributed by atoms with van der Waals surface area (Å²) >= 11 is 0. The minimum absolute atomic E-state index is 0.0267. The van der Waals surface area contributed by atoms with Gasteiger partial charge in [-0.2, -0.15) is 5.10 Å². The van der Waals surface area contributed by atoms with E-state index in [4.69, 9.17) is 9.47 Å². The molecule has 1 amide bonds. The highest BCUT2D eigenvalue weighted by molar-refractivity contribution is 5.76. The molecule has 1 aromatic heterocycles. The molecule has 1 aromatic carbocycles. The first-order valence-electron chi connectivity index (χ1n) is 8.90. The molecule has 1 saturated heterocycles. The highest BCUT2D eigenvalue weighted by Crippen LogP contribution is 2.26. The predicted molar refractivity (Wildman–Crippen MR) is 97.0 cm³/mol. The van der Waals surface area contributed by atoms with E-state index < -0.39 is 5.60 Å². The lowest BCUT2D eigenvalue weighted by Gasteiger charge is -2.41. The smallest absolute Gasteiger partial charge is 0.244 e. The van der Waals surface area contributed by atoms with Crippen molar-refractivity contribution in [1.29, 1.82) is 0 Å². The van der Waals surface area contributed by atoms with E-state index in [-0.39, 0.29) is 12.5 Å². The Balaban J connectivity index is 1.64. The number of carbonyl (C=O) groups is 1. The number of piperidine rings is 1. The zero-order valence-electron chi connectivity index (χ0n) is 15.6. The van der Waals surface area contributed by atoms with Gasteiger partial charge in [0.15, 0.2) is 0 Å². The zero-order chi connectivity index (χ0) is 18.6. The fourth-order valence-corrected chi connectivity index (χ4v) is 3.33. The van der Waals surface area contributed by atoms with Gasteiger partial charge in [-0.15, -0.1) is 0 Å². The molecule has 2 heterocycles. The highest BCUT2D eigenvalue weighted by Gasteiger charge is 2.38. The number of benzene rings is 1. The first kappa shape index (κ1) is 18.4. The van der Waals surface area contributed by atoms with E-state index in [1.165, 1.54) is 0 Å². The minimum atomic E-state index is -0.489. The van der Waals surface area contributed by atoms with Crippen LogP contribution in [-0.4, -0.2) is 58.0 Å². The van der Waals surface area contributed by atoms with Crippen LogP contribution in [0.25, 0.3) is 0 Å². The van der Waals surface area contributed by atoms with Crippen molar-refractivity contribution in [2.75, 3.05) is 26.8 Å². The lowest BCUT2D eigenvalue weighted by molar-refractivity contribution is -0.144. The number of aromatic nitrogens is 3. The number of hydrogen-bond acceptors (Lipinski definition) is 5. The third-order valence-electron chi connectivity index (χ3n) is 4.82. The number of likely N-dealkylation sites (tertiary alicyclic amines) is 1. The first-order valence-corrected chi connectivity index (χ1v) is 8.90. The molecule has 1 aliphatic heterocycles. The predicted octanol–water partition coefficient (Wildman–Crippen LogP) is 1.98. The minimum Gasteiger partial charge on any atom is -0.491 e. The maximum absolute atomic E-state index is 12.7. The van der Waals surface area contributed by atoms with Gasteiger partial charge in [0.1, 0.15) is 36.2 Å². The van der Waals surface area contributed by atoms with E-state index >= 15 is 0 Å². The normalized spacial score (nSPS) is 20.2. The Morgan fingerprint density at radius 2 is 2.04 bits per heavy atom. The second-order valence-corrected chi connectivity index (χ2v) is 6.77. The van der Waals surface area contributed by atoms with Crippen LogP contribution in [0.4, 0.5) is 0 Å². The lowest BCUT2D eigenvalue weighted by Crippen LogP contribution is -2.55. The number of carbonyl (C=O) groups excluding carboxylic acids is 1. The van der Waals surface area contributed by atoms with Gasteiger partial charge in [0.2, 0.25) is 5.91 Å². The Bertz CT molecular complexity index is 746. The molecule has 0 bridgehead atoms. The summed E-state index contributed by atoms with van der Waals surface area (Å²) in [6.45, 7) is 5.54. The van der Waals surface area contributed by atoms with Gasteiger partial charge < -0.3 is 14.4 Å². The third kappa shape index (κ3) is 4.22. The van der Waals surface area contributed by atoms with Crippen LogP contribution in [0.3, 0.4) is 0 Å². The van der Waals surface area contributed by atoms with Crippen LogP contribution in [0.5, 0.6) is 5.75 Å². The van der Waals surface area contributed by atoms with E-state index in [1.807, 2.05) is 49.1 Å². The van der Waals surface area contributed by atoms with Crippen molar-refractivity contribution < 1.29 is 14.3 Å².